The van der Waals surface area contributed by atoms with Crippen molar-refractivity contribution in [2.24, 2.45) is 11.7 Å². The third-order valence-corrected chi connectivity index (χ3v) is 4.56. The molecule has 2 atom stereocenters. The van der Waals surface area contributed by atoms with Gasteiger partial charge in [-0.2, -0.15) is 0 Å². The SMILES string of the molecule is CCOc1ccccc1CCC(=O)N1CCCC(C)C1CN. The van der Waals surface area contributed by atoms with Crippen molar-refractivity contribution in [1.82, 2.24) is 4.90 Å². The molecule has 1 aromatic rings. The topological polar surface area (TPSA) is 55.6 Å². The first-order valence-corrected chi connectivity index (χ1v) is 8.37. The van der Waals surface area contributed by atoms with Gasteiger partial charge in [0.1, 0.15) is 5.75 Å². The fraction of sp³-hybridized carbons (Fsp3) is 0.611. The summed E-state index contributed by atoms with van der Waals surface area (Å²) in [5, 5.41) is 0. The van der Waals surface area contributed by atoms with Crippen LogP contribution in [-0.4, -0.2) is 36.5 Å². The molecule has 0 radical (unpaired) electrons. The van der Waals surface area contributed by atoms with Crippen molar-refractivity contribution in [3.05, 3.63) is 29.8 Å². The van der Waals surface area contributed by atoms with Crippen LogP contribution in [0.15, 0.2) is 24.3 Å². The summed E-state index contributed by atoms with van der Waals surface area (Å²) in [4.78, 5) is 14.6. The van der Waals surface area contributed by atoms with E-state index in [4.69, 9.17) is 10.5 Å². The van der Waals surface area contributed by atoms with E-state index in [1.54, 1.807) is 0 Å². The third-order valence-electron chi connectivity index (χ3n) is 4.56. The van der Waals surface area contributed by atoms with Crippen LogP contribution in [0.1, 0.15) is 38.7 Å². The number of likely N-dealkylation sites (tertiary alicyclic amines) is 1. The van der Waals surface area contributed by atoms with Crippen LogP contribution in [0.3, 0.4) is 0 Å². The quantitative estimate of drug-likeness (QED) is 0.879. The van der Waals surface area contributed by atoms with Crippen LogP contribution in [0, 0.1) is 5.92 Å². The van der Waals surface area contributed by atoms with E-state index in [-0.39, 0.29) is 11.9 Å². The molecule has 22 heavy (non-hydrogen) atoms. The van der Waals surface area contributed by atoms with Gasteiger partial charge in [0.05, 0.1) is 6.61 Å². The van der Waals surface area contributed by atoms with Crippen molar-refractivity contribution in [1.29, 1.82) is 0 Å². The molecule has 0 aliphatic carbocycles. The lowest BCUT2D eigenvalue weighted by atomic mass is 9.90. The standard InChI is InChI=1S/C18H28N2O2/c1-3-22-17-9-5-4-8-15(17)10-11-18(21)20-12-6-7-14(2)16(20)13-19/h4-5,8-9,14,16H,3,6-7,10-13,19H2,1-2H3. The highest BCUT2D eigenvalue weighted by Gasteiger charge is 2.30. The van der Waals surface area contributed by atoms with Gasteiger partial charge in [-0.05, 0) is 43.7 Å². The van der Waals surface area contributed by atoms with E-state index in [0.717, 1.165) is 30.7 Å². The first-order chi connectivity index (χ1) is 10.7. The average molecular weight is 304 g/mol. The zero-order valence-electron chi connectivity index (χ0n) is 13.8. The van der Waals surface area contributed by atoms with Gasteiger partial charge in [0, 0.05) is 25.6 Å². The minimum Gasteiger partial charge on any atom is -0.494 e. The molecular weight excluding hydrogens is 276 g/mol. The number of amides is 1. The molecule has 0 bridgehead atoms. The number of rotatable bonds is 6. The average Bonchev–Trinajstić information content (AvgIpc) is 2.53. The van der Waals surface area contributed by atoms with Crippen molar-refractivity contribution in [2.45, 2.75) is 45.6 Å². The zero-order chi connectivity index (χ0) is 15.9. The Morgan fingerprint density at radius 1 is 1.41 bits per heavy atom. The molecule has 4 heteroatoms. The second-order valence-corrected chi connectivity index (χ2v) is 6.05. The number of piperidine rings is 1. The van der Waals surface area contributed by atoms with Crippen LogP contribution in [0.2, 0.25) is 0 Å². The van der Waals surface area contributed by atoms with Gasteiger partial charge in [-0.25, -0.2) is 0 Å². The highest BCUT2D eigenvalue weighted by atomic mass is 16.5. The molecule has 2 N–H and O–H groups in total. The summed E-state index contributed by atoms with van der Waals surface area (Å²) in [5.41, 5.74) is 6.98. The second-order valence-electron chi connectivity index (χ2n) is 6.05. The third kappa shape index (κ3) is 4.01. The van der Waals surface area contributed by atoms with E-state index in [1.165, 1.54) is 6.42 Å². The Balaban J connectivity index is 1.97. The maximum atomic E-state index is 12.6. The summed E-state index contributed by atoms with van der Waals surface area (Å²) >= 11 is 0. The fourth-order valence-corrected chi connectivity index (χ4v) is 3.31. The van der Waals surface area contributed by atoms with Crippen molar-refractivity contribution in [3.8, 4) is 5.75 Å². The number of hydrogen-bond donors (Lipinski definition) is 1. The van der Waals surface area contributed by atoms with Crippen molar-refractivity contribution in [3.63, 3.8) is 0 Å². The van der Waals surface area contributed by atoms with Crippen molar-refractivity contribution < 1.29 is 9.53 Å². The molecule has 1 fully saturated rings. The highest BCUT2D eigenvalue weighted by Crippen LogP contribution is 2.25. The molecule has 122 valence electrons. The van der Waals surface area contributed by atoms with E-state index >= 15 is 0 Å². The Morgan fingerprint density at radius 3 is 2.91 bits per heavy atom. The Bertz CT molecular complexity index is 490. The molecule has 1 aromatic carbocycles. The summed E-state index contributed by atoms with van der Waals surface area (Å²) < 4.78 is 5.63. The molecule has 1 heterocycles. The predicted molar refractivity (Wildman–Crippen MR) is 88.9 cm³/mol. The molecule has 1 amide bonds. The van der Waals surface area contributed by atoms with E-state index in [1.807, 2.05) is 36.1 Å². The fourth-order valence-electron chi connectivity index (χ4n) is 3.31. The molecule has 1 aliphatic rings. The molecule has 0 spiro atoms. The molecule has 4 nitrogen and oxygen atoms in total. The minimum absolute atomic E-state index is 0.198. The number of nitrogens with zero attached hydrogens (tertiary/aromatic N) is 1. The molecule has 2 unspecified atom stereocenters. The van der Waals surface area contributed by atoms with Crippen molar-refractivity contribution >= 4 is 5.91 Å². The van der Waals surface area contributed by atoms with Gasteiger partial charge in [0.2, 0.25) is 5.91 Å². The lowest BCUT2D eigenvalue weighted by Gasteiger charge is -2.39. The number of hydrogen-bond acceptors (Lipinski definition) is 3. The number of carbonyl (C=O) groups excluding carboxylic acids is 1. The van der Waals surface area contributed by atoms with Gasteiger partial charge < -0.3 is 15.4 Å². The normalized spacial score (nSPS) is 21.7. The molecular formula is C18H28N2O2. The Hall–Kier alpha value is -1.55. The van der Waals surface area contributed by atoms with Crippen LogP contribution < -0.4 is 10.5 Å². The lowest BCUT2D eigenvalue weighted by Crippen LogP contribution is -2.51. The number of para-hydroxylation sites is 1. The van der Waals surface area contributed by atoms with Gasteiger partial charge in [-0.1, -0.05) is 25.1 Å². The Kier molecular flexibility index (Phi) is 6.25. The number of aryl methyl sites for hydroxylation is 1. The number of nitrogens with two attached hydrogens (primary N) is 1. The molecule has 0 saturated carbocycles. The van der Waals surface area contributed by atoms with Crippen molar-refractivity contribution in [2.75, 3.05) is 19.7 Å². The molecule has 0 aromatic heterocycles. The summed E-state index contributed by atoms with van der Waals surface area (Å²) in [5.74, 6) is 1.60. The second kappa shape index (κ2) is 8.18. The number of carbonyl (C=O) groups is 1. The molecule has 1 saturated heterocycles. The summed E-state index contributed by atoms with van der Waals surface area (Å²) in [7, 11) is 0. The smallest absolute Gasteiger partial charge is 0.223 e. The first kappa shape index (κ1) is 16.8. The zero-order valence-corrected chi connectivity index (χ0v) is 13.8. The number of benzene rings is 1. The van der Waals surface area contributed by atoms with Gasteiger partial charge in [-0.3, -0.25) is 4.79 Å². The van der Waals surface area contributed by atoms with Gasteiger partial charge >= 0.3 is 0 Å². The molecule has 1 aliphatic heterocycles. The molecule has 2 rings (SSSR count). The van der Waals surface area contributed by atoms with Crippen LogP contribution >= 0.6 is 0 Å². The van der Waals surface area contributed by atoms with Gasteiger partial charge in [0.25, 0.3) is 0 Å². The summed E-state index contributed by atoms with van der Waals surface area (Å²) in [6, 6.07) is 8.16. The number of ether oxygens (including phenoxy) is 1. The van der Waals surface area contributed by atoms with Crippen LogP contribution in [0.25, 0.3) is 0 Å². The lowest BCUT2D eigenvalue weighted by molar-refractivity contribution is -0.136. The monoisotopic (exact) mass is 304 g/mol. The summed E-state index contributed by atoms with van der Waals surface area (Å²) in [6.07, 6.45) is 3.49. The van der Waals surface area contributed by atoms with Crippen LogP contribution in [-0.2, 0) is 11.2 Å². The van der Waals surface area contributed by atoms with E-state index in [2.05, 4.69) is 6.92 Å². The largest absolute Gasteiger partial charge is 0.494 e. The Morgan fingerprint density at radius 2 is 2.18 bits per heavy atom. The maximum absolute atomic E-state index is 12.6. The van der Waals surface area contributed by atoms with Crippen LogP contribution in [0.4, 0.5) is 0 Å². The van der Waals surface area contributed by atoms with E-state index < -0.39 is 0 Å². The van der Waals surface area contributed by atoms with Crippen LogP contribution in [0.5, 0.6) is 5.75 Å². The first-order valence-electron chi connectivity index (χ1n) is 8.37. The van der Waals surface area contributed by atoms with E-state index in [9.17, 15) is 4.79 Å². The summed E-state index contributed by atoms with van der Waals surface area (Å²) in [6.45, 7) is 6.22. The van der Waals surface area contributed by atoms with Gasteiger partial charge in [0.15, 0.2) is 0 Å². The van der Waals surface area contributed by atoms with E-state index in [0.29, 0.717) is 25.5 Å². The maximum Gasteiger partial charge on any atom is 0.223 e. The predicted octanol–water partition coefficient (Wildman–Crippen LogP) is 2.60. The Labute approximate surface area is 133 Å². The highest BCUT2D eigenvalue weighted by molar-refractivity contribution is 5.77. The van der Waals surface area contributed by atoms with Gasteiger partial charge in [-0.15, -0.1) is 0 Å². The minimum atomic E-state index is 0.198.